The van der Waals surface area contributed by atoms with E-state index in [0.29, 0.717) is 13.0 Å². The highest BCUT2D eigenvalue weighted by molar-refractivity contribution is 5.85. The van der Waals surface area contributed by atoms with Crippen molar-refractivity contribution in [2.45, 2.75) is 91.9 Å². The molecule has 1 aliphatic rings. The molecular formula is C21H38O4. The second-order valence-electron chi connectivity index (χ2n) is 8.03. The lowest BCUT2D eigenvalue weighted by Crippen LogP contribution is -2.51. The summed E-state index contributed by atoms with van der Waals surface area (Å²) in [5, 5.41) is 10.0. The predicted octanol–water partition coefficient (Wildman–Crippen LogP) is 5.44. The monoisotopic (exact) mass is 354 g/mol. The first-order chi connectivity index (χ1) is 11.9. The molecule has 25 heavy (non-hydrogen) atoms. The van der Waals surface area contributed by atoms with Crippen LogP contribution in [0.3, 0.4) is 0 Å². The van der Waals surface area contributed by atoms with Crippen LogP contribution in [-0.2, 0) is 14.3 Å². The van der Waals surface area contributed by atoms with Crippen molar-refractivity contribution in [3.05, 3.63) is 0 Å². The second kappa shape index (κ2) is 10.8. The first-order valence-corrected chi connectivity index (χ1v) is 10.3. The smallest absolute Gasteiger partial charge is 0.313 e. The van der Waals surface area contributed by atoms with E-state index in [1.165, 1.54) is 6.42 Å². The summed E-state index contributed by atoms with van der Waals surface area (Å²) in [5.74, 6) is -1.72. The van der Waals surface area contributed by atoms with Gasteiger partial charge in [-0.3, -0.25) is 9.59 Å². The molecule has 0 aromatic heterocycles. The van der Waals surface area contributed by atoms with Crippen LogP contribution in [0, 0.1) is 23.2 Å². The van der Waals surface area contributed by atoms with Gasteiger partial charge in [0.05, 0.1) is 17.9 Å². The number of carbonyl (C=O) groups is 2. The molecule has 1 fully saturated rings. The molecule has 0 amide bonds. The minimum absolute atomic E-state index is 0.0880. The fourth-order valence-electron chi connectivity index (χ4n) is 4.64. The number of aliphatic carboxylic acids is 1. The number of rotatable bonds is 11. The second-order valence-corrected chi connectivity index (χ2v) is 8.03. The number of hydrogen-bond acceptors (Lipinski definition) is 3. The zero-order valence-electron chi connectivity index (χ0n) is 16.7. The number of esters is 1. The van der Waals surface area contributed by atoms with Gasteiger partial charge in [-0.05, 0) is 37.5 Å². The molecule has 4 heteroatoms. The Hall–Kier alpha value is -1.06. The quantitative estimate of drug-likeness (QED) is 0.396. The molecular weight excluding hydrogens is 316 g/mol. The standard InChI is InChI=1S/C21H38O4/c1-5-7-14-21(17-12-10-9-11-13-17,18(16(3)4)19(22)23)20(24)25-15-8-6-2/h16-18H,5-15H2,1-4H3,(H,22,23). The van der Waals surface area contributed by atoms with E-state index < -0.39 is 17.3 Å². The zero-order valence-corrected chi connectivity index (χ0v) is 16.7. The average molecular weight is 355 g/mol. The molecule has 4 nitrogen and oxygen atoms in total. The molecule has 0 aliphatic heterocycles. The van der Waals surface area contributed by atoms with Crippen molar-refractivity contribution < 1.29 is 19.4 Å². The minimum atomic E-state index is -0.871. The van der Waals surface area contributed by atoms with Gasteiger partial charge in [0.1, 0.15) is 0 Å². The zero-order chi connectivity index (χ0) is 18.9. The number of carbonyl (C=O) groups excluding carboxylic acids is 1. The number of carboxylic acid groups (broad SMARTS) is 1. The predicted molar refractivity (Wildman–Crippen MR) is 100 cm³/mol. The molecule has 0 aromatic carbocycles. The lowest BCUT2D eigenvalue weighted by molar-refractivity contribution is -0.178. The van der Waals surface area contributed by atoms with Gasteiger partial charge in [-0.25, -0.2) is 0 Å². The summed E-state index contributed by atoms with van der Waals surface area (Å²) in [4.78, 5) is 25.5. The average Bonchev–Trinajstić information content (AvgIpc) is 2.58. The van der Waals surface area contributed by atoms with Gasteiger partial charge in [-0.1, -0.05) is 66.2 Å². The molecule has 1 N–H and O–H groups in total. The van der Waals surface area contributed by atoms with Crippen LogP contribution in [0.2, 0.25) is 0 Å². The maximum absolute atomic E-state index is 13.3. The molecule has 2 unspecified atom stereocenters. The maximum atomic E-state index is 13.3. The topological polar surface area (TPSA) is 63.6 Å². The third-order valence-electron chi connectivity index (χ3n) is 5.88. The number of ether oxygens (including phenoxy) is 1. The summed E-state index contributed by atoms with van der Waals surface area (Å²) in [7, 11) is 0. The molecule has 0 radical (unpaired) electrons. The minimum Gasteiger partial charge on any atom is -0.481 e. The van der Waals surface area contributed by atoms with Crippen LogP contribution in [0.1, 0.15) is 91.9 Å². The number of hydrogen-bond donors (Lipinski definition) is 1. The Bertz CT molecular complexity index is 412. The summed E-state index contributed by atoms with van der Waals surface area (Å²) < 4.78 is 5.68. The van der Waals surface area contributed by atoms with Crippen LogP contribution in [0.4, 0.5) is 0 Å². The third-order valence-corrected chi connectivity index (χ3v) is 5.88. The highest BCUT2D eigenvalue weighted by atomic mass is 16.5. The first kappa shape index (κ1) is 22.0. The van der Waals surface area contributed by atoms with Crippen molar-refractivity contribution in [1.82, 2.24) is 0 Å². The Kier molecular flexibility index (Phi) is 9.52. The van der Waals surface area contributed by atoms with E-state index >= 15 is 0 Å². The Morgan fingerprint density at radius 1 is 1.08 bits per heavy atom. The highest BCUT2D eigenvalue weighted by Gasteiger charge is 2.55. The summed E-state index contributed by atoms with van der Waals surface area (Å²) >= 11 is 0. The maximum Gasteiger partial charge on any atom is 0.313 e. The van der Waals surface area contributed by atoms with Gasteiger partial charge in [0.15, 0.2) is 0 Å². The van der Waals surface area contributed by atoms with E-state index in [0.717, 1.165) is 51.4 Å². The Labute approximate surface area is 153 Å². The van der Waals surface area contributed by atoms with Crippen LogP contribution in [0.5, 0.6) is 0 Å². The van der Waals surface area contributed by atoms with Crippen LogP contribution in [0.25, 0.3) is 0 Å². The van der Waals surface area contributed by atoms with E-state index in [1.807, 2.05) is 13.8 Å². The number of unbranched alkanes of at least 4 members (excludes halogenated alkanes) is 2. The van der Waals surface area contributed by atoms with Gasteiger partial charge < -0.3 is 9.84 Å². The molecule has 0 heterocycles. The third kappa shape index (κ3) is 5.46. The normalized spacial score (nSPS) is 19.4. The molecule has 1 aliphatic carbocycles. The molecule has 0 aromatic rings. The van der Waals surface area contributed by atoms with E-state index in [1.54, 1.807) is 0 Å². The SMILES string of the molecule is CCCCOC(=O)C(CCCC)(C1CCCCC1)C(C(=O)O)C(C)C. The van der Waals surface area contributed by atoms with Gasteiger partial charge in [-0.15, -0.1) is 0 Å². The number of carboxylic acids is 1. The van der Waals surface area contributed by atoms with E-state index in [9.17, 15) is 14.7 Å². The van der Waals surface area contributed by atoms with Gasteiger partial charge in [0.25, 0.3) is 0 Å². The summed E-state index contributed by atoms with van der Waals surface area (Å²) in [6.45, 7) is 8.43. The van der Waals surface area contributed by atoms with E-state index in [-0.39, 0.29) is 17.8 Å². The van der Waals surface area contributed by atoms with Crippen molar-refractivity contribution >= 4 is 11.9 Å². The van der Waals surface area contributed by atoms with Crippen LogP contribution < -0.4 is 0 Å². The van der Waals surface area contributed by atoms with Crippen molar-refractivity contribution in [2.24, 2.45) is 23.2 Å². The molecule has 0 bridgehead atoms. The molecule has 0 spiro atoms. The van der Waals surface area contributed by atoms with Gasteiger partial charge in [-0.2, -0.15) is 0 Å². The van der Waals surface area contributed by atoms with Gasteiger partial charge in [0, 0.05) is 0 Å². The Morgan fingerprint density at radius 2 is 1.68 bits per heavy atom. The van der Waals surface area contributed by atoms with Crippen molar-refractivity contribution in [1.29, 1.82) is 0 Å². The highest BCUT2D eigenvalue weighted by Crippen LogP contribution is 2.51. The van der Waals surface area contributed by atoms with Crippen LogP contribution >= 0.6 is 0 Å². The molecule has 1 saturated carbocycles. The largest absolute Gasteiger partial charge is 0.481 e. The van der Waals surface area contributed by atoms with E-state index in [2.05, 4.69) is 13.8 Å². The van der Waals surface area contributed by atoms with Crippen LogP contribution in [-0.4, -0.2) is 23.7 Å². The summed E-state index contributed by atoms with van der Waals surface area (Å²) in [6, 6.07) is 0. The molecule has 146 valence electrons. The summed E-state index contributed by atoms with van der Waals surface area (Å²) in [5.41, 5.74) is -0.871. The van der Waals surface area contributed by atoms with E-state index in [4.69, 9.17) is 4.74 Å². The van der Waals surface area contributed by atoms with Gasteiger partial charge >= 0.3 is 11.9 Å². The fraction of sp³-hybridized carbons (Fsp3) is 0.905. The molecule has 2 atom stereocenters. The lowest BCUT2D eigenvalue weighted by atomic mass is 9.57. The molecule has 1 rings (SSSR count). The Morgan fingerprint density at radius 3 is 2.16 bits per heavy atom. The van der Waals surface area contributed by atoms with Crippen molar-refractivity contribution in [3.8, 4) is 0 Å². The molecule has 0 saturated heterocycles. The summed E-state index contributed by atoms with van der Waals surface area (Å²) in [6.07, 6.45) is 9.52. The van der Waals surface area contributed by atoms with Crippen LogP contribution in [0.15, 0.2) is 0 Å². The van der Waals surface area contributed by atoms with Crippen molar-refractivity contribution in [3.63, 3.8) is 0 Å². The lowest BCUT2D eigenvalue weighted by Gasteiger charge is -2.45. The fourth-order valence-corrected chi connectivity index (χ4v) is 4.64. The van der Waals surface area contributed by atoms with Crippen molar-refractivity contribution in [2.75, 3.05) is 6.61 Å². The first-order valence-electron chi connectivity index (χ1n) is 10.3. The Balaban J connectivity index is 3.28. The van der Waals surface area contributed by atoms with Gasteiger partial charge in [0.2, 0.25) is 0 Å².